The minimum atomic E-state index is -3.53. The van der Waals surface area contributed by atoms with Crippen LogP contribution in [0.15, 0.2) is 51.8 Å². The molecule has 0 fully saturated rings. The Hall–Kier alpha value is -0.880. The normalized spacial score (nSPS) is 11.9. The lowest BCUT2D eigenvalue weighted by Crippen LogP contribution is -2.27. The molecule has 0 bridgehead atoms. The summed E-state index contributed by atoms with van der Waals surface area (Å²) in [5.41, 5.74) is 1.61. The molecule has 2 aromatic rings. The van der Waals surface area contributed by atoms with E-state index < -0.39 is 10.0 Å². The average molecular weight is 389 g/mol. The van der Waals surface area contributed by atoms with Crippen LogP contribution in [0.4, 0.5) is 0 Å². The van der Waals surface area contributed by atoms with Crippen LogP contribution >= 0.6 is 27.5 Å². The van der Waals surface area contributed by atoms with E-state index in [0.717, 1.165) is 15.6 Å². The smallest absolute Gasteiger partial charge is 0.207 e. The first kappa shape index (κ1) is 16.5. The van der Waals surface area contributed by atoms with Gasteiger partial charge in [0.05, 0.1) is 4.90 Å². The molecule has 0 radical (unpaired) electrons. The van der Waals surface area contributed by atoms with E-state index in [-0.39, 0.29) is 0 Å². The fourth-order valence-corrected chi connectivity index (χ4v) is 4.00. The van der Waals surface area contributed by atoms with Crippen LogP contribution in [0.1, 0.15) is 11.1 Å². The van der Waals surface area contributed by atoms with Gasteiger partial charge in [0.1, 0.15) is 0 Å². The highest BCUT2D eigenvalue weighted by atomic mass is 79.9. The van der Waals surface area contributed by atoms with Crippen LogP contribution in [0, 0.1) is 6.92 Å². The Labute approximate surface area is 138 Å². The number of aryl methyl sites for hydroxylation is 1. The van der Waals surface area contributed by atoms with Crippen molar-refractivity contribution >= 4 is 37.6 Å². The highest BCUT2D eigenvalue weighted by Crippen LogP contribution is 2.24. The molecule has 0 spiro atoms. The Kier molecular flexibility index (Phi) is 5.09. The molecule has 0 unspecified atom stereocenters. The molecule has 0 saturated heterocycles. The van der Waals surface area contributed by atoms with E-state index in [1.54, 1.807) is 38.2 Å². The Morgan fingerprint density at radius 2 is 1.76 bits per heavy atom. The number of sulfonamides is 1. The van der Waals surface area contributed by atoms with Crippen molar-refractivity contribution in [2.45, 2.75) is 18.4 Å². The monoisotopic (exact) mass is 387 g/mol. The molecule has 0 amide bonds. The van der Waals surface area contributed by atoms with Crippen LogP contribution in [-0.2, 0) is 16.6 Å². The maximum absolute atomic E-state index is 12.7. The number of halogens is 2. The average Bonchev–Trinajstić information content (AvgIpc) is 2.43. The van der Waals surface area contributed by atoms with Gasteiger partial charge >= 0.3 is 0 Å². The first-order valence-electron chi connectivity index (χ1n) is 6.27. The van der Waals surface area contributed by atoms with Crippen LogP contribution < -0.4 is 0 Å². The second kappa shape index (κ2) is 6.48. The second-order valence-electron chi connectivity index (χ2n) is 4.80. The first-order chi connectivity index (χ1) is 9.80. The zero-order valence-corrected chi connectivity index (χ0v) is 14.8. The molecule has 2 aromatic carbocycles. The van der Waals surface area contributed by atoms with Crippen molar-refractivity contribution in [2.24, 2.45) is 0 Å². The molecule has 0 saturated carbocycles. The quantitative estimate of drug-likeness (QED) is 0.786. The van der Waals surface area contributed by atoms with E-state index >= 15 is 0 Å². The van der Waals surface area contributed by atoms with Gasteiger partial charge in [-0.05, 0) is 42.3 Å². The standard InChI is InChI=1S/C15H15BrClNO2S/c1-11-3-6-13(16)9-15(11)21(19,20)18(2)10-12-4-7-14(17)8-5-12/h3-9H,10H2,1-2H3. The van der Waals surface area contributed by atoms with Crippen molar-refractivity contribution in [3.05, 3.63) is 63.1 Å². The third kappa shape index (κ3) is 3.86. The summed E-state index contributed by atoms with van der Waals surface area (Å²) in [6.07, 6.45) is 0. The summed E-state index contributed by atoms with van der Waals surface area (Å²) in [6, 6.07) is 12.4. The zero-order valence-electron chi connectivity index (χ0n) is 11.7. The number of nitrogens with zero attached hydrogens (tertiary/aromatic N) is 1. The first-order valence-corrected chi connectivity index (χ1v) is 8.89. The summed E-state index contributed by atoms with van der Waals surface area (Å²) in [6.45, 7) is 2.08. The van der Waals surface area contributed by atoms with Gasteiger partial charge in [0.15, 0.2) is 0 Å². The van der Waals surface area contributed by atoms with Crippen molar-refractivity contribution in [1.82, 2.24) is 4.31 Å². The number of hydrogen-bond donors (Lipinski definition) is 0. The van der Waals surface area contributed by atoms with Gasteiger partial charge in [-0.15, -0.1) is 0 Å². The Morgan fingerprint density at radius 1 is 1.14 bits per heavy atom. The van der Waals surface area contributed by atoms with Crippen molar-refractivity contribution < 1.29 is 8.42 Å². The Balaban J connectivity index is 2.30. The van der Waals surface area contributed by atoms with E-state index in [9.17, 15) is 8.42 Å². The number of benzene rings is 2. The summed E-state index contributed by atoms with van der Waals surface area (Å²) in [7, 11) is -1.96. The van der Waals surface area contributed by atoms with Crippen LogP contribution in [0.25, 0.3) is 0 Å². The lowest BCUT2D eigenvalue weighted by Gasteiger charge is -2.19. The molecule has 21 heavy (non-hydrogen) atoms. The van der Waals surface area contributed by atoms with Crippen molar-refractivity contribution in [2.75, 3.05) is 7.05 Å². The molecule has 0 aliphatic heterocycles. The van der Waals surface area contributed by atoms with Gasteiger partial charge in [0.2, 0.25) is 10.0 Å². The van der Waals surface area contributed by atoms with Gasteiger partial charge in [0, 0.05) is 23.1 Å². The number of rotatable bonds is 4. The predicted octanol–water partition coefficient (Wildman–Crippen LogP) is 4.23. The lowest BCUT2D eigenvalue weighted by molar-refractivity contribution is 0.466. The molecule has 0 aliphatic carbocycles. The van der Waals surface area contributed by atoms with Gasteiger partial charge in [-0.1, -0.05) is 45.7 Å². The largest absolute Gasteiger partial charge is 0.243 e. The molecular weight excluding hydrogens is 374 g/mol. The van der Waals surface area contributed by atoms with Crippen LogP contribution in [-0.4, -0.2) is 19.8 Å². The van der Waals surface area contributed by atoms with E-state index in [1.807, 2.05) is 18.2 Å². The molecule has 2 rings (SSSR count). The molecular formula is C15H15BrClNO2S. The van der Waals surface area contributed by atoms with Crippen molar-refractivity contribution in [1.29, 1.82) is 0 Å². The van der Waals surface area contributed by atoms with E-state index in [4.69, 9.17) is 11.6 Å². The van der Waals surface area contributed by atoms with Crippen molar-refractivity contribution in [3.8, 4) is 0 Å². The molecule has 0 heterocycles. The molecule has 3 nitrogen and oxygen atoms in total. The minimum absolute atomic E-state index is 0.297. The molecule has 6 heteroatoms. The minimum Gasteiger partial charge on any atom is -0.207 e. The third-order valence-corrected chi connectivity index (χ3v) is 5.85. The maximum Gasteiger partial charge on any atom is 0.243 e. The molecule has 0 aliphatic rings. The molecule has 0 N–H and O–H groups in total. The van der Waals surface area contributed by atoms with Gasteiger partial charge in [-0.25, -0.2) is 8.42 Å². The Morgan fingerprint density at radius 3 is 2.38 bits per heavy atom. The van der Waals surface area contributed by atoms with Crippen molar-refractivity contribution in [3.63, 3.8) is 0 Å². The number of hydrogen-bond acceptors (Lipinski definition) is 2. The summed E-state index contributed by atoms with van der Waals surface area (Å²) in [4.78, 5) is 0.313. The highest BCUT2D eigenvalue weighted by molar-refractivity contribution is 9.10. The fourth-order valence-electron chi connectivity index (χ4n) is 1.95. The molecule has 0 aromatic heterocycles. The summed E-state index contributed by atoms with van der Waals surface area (Å²) < 4.78 is 27.4. The zero-order chi connectivity index (χ0) is 15.6. The van der Waals surface area contributed by atoms with E-state index in [2.05, 4.69) is 15.9 Å². The van der Waals surface area contributed by atoms with Crippen LogP contribution in [0.5, 0.6) is 0 Å². The predicted molar refractivity (Wildman–Crippen MR) is 89.0 cm³/mol. The highest BCUT2D eigenvalue weighted by Gasteiger charge is 2.23. The van der Waals surface area contributed by atoms with E-state index in [0.29, 0.717) is 16.5 Å². The fraction of sp³-hybridized carbons (Fsp3) is 0.200. The van der Waals surface area contributed by atoms with Crippen LogP contribution in [0.2, 0.25) is 5.02 Å². The van der Waals surface area contributed by atoms with Gasteiger partial charge in [0.25, 0.3) is 0 Å². The second-order valence-corrected chi connectivity index (χ2v) is 8.16. The Bertz CT molecular complexity index is 745. The van der Waals surface area contributed by atoms with Crippen LogP contribution in [0.3, 0.4) is 0 Å². The third-order valence-electron chi connectivity index (χ3n) is 3.16. The van der Waals surface area contributed by atoms with E-state index in [1.165, 1.54) is 4.31 Å². The summed E-state index contributed by atoms with van der Waals surface area (Å²) >= 11 is 9.15. The summed E-state index contributed by atoms with van der Waals surface area (Å²) in [5, 5.41) is 0.632. The molecule has 0 atom stereocenters. The molecule has 112 valence electrons. The van der Waals surface area contributed by atoms with Gasteiger partial charge < -0.3 is 0 Å². The summed E-state index contributed by atoms with van der Waals surface area (Å²) in [5.74, 6) is 0. The van der Waals surface area contributed by atoms with Gasteiger partial charge in [-0.2, -0.15) is 4.31 Å². The lowest BCUT2D eigenvalue weighted by atomic mass is 10.2. The maximum atomic E-state index is 12.7. The SMILES string of the molecule is Cc1ccc(Br)cc1S(=O)(=O)N(C)Cc1ccc(Cl)cc1. The van der Waals surface area contributed by atoms with Gasteiger partial charge in [-0.3, -0.25) is 0 Å². The topological polar surface area (TPSA) is 37.4 Å².